The summed E-state index contributed by atoms with van der Waals surface area (Å²) in [5, 5.41) is 4.13. The van der Waals surface area contributed by atoms with Gasteiger partial charge in [0.2, 0.25) is 5.91 Å². The second-order valence-corrected chi connectivity index (χ2v) is 5.59. The van der Waals surface area contributed by atoms with E-state index in [4.69, 9.17) is 0 Å². The minimum atomic E-state index is -0.0983. The van der Waals surface area contributed by atoms with Gasteiger partial charge in [0, 0.05) is 4.88 Å². The monoisotopic (exact) mass is 272 g/mol. The van der Waals surface area contributed by atoms with Crippen LogP contribution in [-0.4, -0.2) is 11.6 Å². The number of carbonyl (C=O) groups is 1. The lowest BCUT2D eigenvalue weighted by molar-refractivity contribution is -0.120. The molecule has 1 N–H and O–H groups in total. The summed E-state index contributed by atoms with van der Waals surface area (Å²) in [6.07, 6.45) is 0.348. The molecule has 4 heteroatoms. The van der Waals surface area contributed by atoms with Gasteiger partial charge in [-0.1, -0.05) is 30.3 Å². The molecule has 0 radical (unpaired) electrons. The maximum absolute atomic E-state index is 11.7. The third-order valence-electron chi connectivity index (χ3n) is 2.65. The van der Waals surface area contributed by atoms with Gasteiger partial charge in [-0.25, -0.2) is 5.43 Å². The Kier molecular flexibility index (Phi) is 4.47. The molecule has 19 heavy (non-hydrogen) atoms. The van der Waals surface area contributed by atoms with Gasteiger partial charge >= 0.3 is 0 Å². The molecule has 0 aliphatic rings. The van der Waals surface area contributed by atoms with Crippen molar-refractivity contribution in [1.29, 1.82) is 0 Å². The van der Waals surface area contributed by atoms with Crippen molar-refractivity contribution in [2.75, 3.05) is 0 Å². The highest BCUT2D eigenvalue weighted by atomic mass is 32.1. The molecule has 1 amide bonds. The second kappa shape index (κ2) is 6.29. The predicted octanol–water partition coefficient (Wildman–Crippen LogP) is 3.14. The molecule has 0 saturated carbocycles. The summed E-state index contributed by atoms with van der Waals surface area (Å²) in [6, 6.07) is 13.7. The number of hydrogen-bond donors (Lipinski definition) is 1. The lowest BCUT2D eigenvalue weighted by Crippen LogP contribution is -2.21. The Bertz CT molecular complexity index is 587. The third-order valence-corrected chi connectivity index (χ3v) is 3.76. The first-order chi connectivity index (χ1) is 9.15. The van der Waals surface area contributed by atoms with Crippen LogP contribution in [0.4, 0.5) is 0 Å². The summed E-state index contributed by atoms with van der Waals surface area (Å²) < 4.78 is 0. The highest BCUT2D eigenvalue weighted by molar-refractivity contribution is 7.14. The van der Waals surface area contributed by atoms with E-state index >= 15 is 0 Å². The lowest BCUT2D eigenvalue weighted by Gasteiger charge is -2.01. The van der Waals surface area contributed by atoms with Gasteiger partial charge in [0.05, 0.1) is 17.0 Å². The Labute approximate surface area is 117 Å². The van der Waals surface area contributed by atoms with Crippen LogP contribution < -0.4 is 5.43 Å². The van der Waals surface area contributed by atoms with Crippen LogP contribution in [0.2, 0.25) is 0 Å². The zero-order valence-corrected chi connectivity index (χ0v) is 11.8. The van der Waals surface area contributed by atoms with Gasteiger partial charge in [0.25, 0.3) is 0 Å². The largest absolute Gasteiger partial charge is 0.273 e. The molecule has 0 atom stereocenters. The number of nitrogens with zero attached hydrogens (tertiary/aromatic N) is 1. The molecule has 0 unspecified atom stereocenters. The number of carbonyl (C=O) groups excluding carboxylic acids is 1. The van der Waals surface area contributed by atoms with Crippen LogP contribution in [0, 0.1) is 6.92 Å². The van der Waals surface area contributed by atoms with E-state index in [1.807, 2.05) is 49.4 Å². The van der Waals surface area contributed by atoms with Gasteiger partial charge in [-0.2, -0.15) is 5.10 Å². The van der Waals surface area contributed by atoms with Crippen LogP contribution in [0.25, 0.3) is 0 Å². The number of rotatable bonds is 4. The zero-order valence-electron chi connectivity index (χ0n) is 11.0. The van der Waals surface area contributed by atoms with E-state index in [1.54, 1.807) is 11.3 Å². The number of thiophene rings is 1. The molecule has 0 fully saturated rings. The van der Waals surface area contributed by atoms with E-state index < -0.39 is 0 Å². The molecule has 0 spiro atoms. The molecule has 2 aromatic rings. The first-order valence-corrected chi connectivity index (χ1v) is 6.90. The quantitative estimate of drug-likeness (QED) is 0.674. The Balaban J connectivity index is 1.93. The average molecular weight is 272 g/mol. The van der Waals surface area contributed by atoms with Crippen molar-refractivity contribution in [3.05, 3.63) is 57.8 Å². The number of hydrogen-bond acceptors (Lipinski definition) is 3. The first-order valence-electron chi connectivity index (χ1n) is 6.09. The Morgan fingerprint density at radius 1 is 1.21 bits per heavy atom. The fourth-order valence-corrected chi connectivity index (χ4v) is 2.46. The molecular weight excluding hydrogens is 256 g/mol. The molecule has 1 aromatic heterocycles. The molecule has 3 nitrogen and oxygen atoms in total. The summed E-state index contributed by atoms with van der Waals surface area (Å²) in [4.78, 5) is 14.1. The molecule has 98 valence electrons. The van der Waals surface area contributed by atoms with Crippen molar-refractivity contribution in [1.82, 2.24) is 5.43 Å². The van der Waals surface area contributed by atoms with Crippen molar-refractivity contribution >= 4 is 23.0 Å². The minimum absolute atomic E-state index is 0.0983. The van der Waals surface area contributed by atoms with E-state index in [0.29, 0.717) is 6.42 Å². The number of benzene rings is 1. The first kappa shape index (κ1) is 13.5. The van der Waals surface area contributed by atoms with Crippen LogP contribution in [-0.2, 0) is 11.2 Å². The van der Waals surface area contributed by atoms with Crippen molar-refractivity contribution in [2.24, 2.45) is 5.10 Å². The summed E-state index contributed by atoms with van der Waals surface area (Å²) in [5.41, 5.74) is 4.41. The van der Waals surface area contributed by atoms with E-state index in [2.05, 4.69) is 17.5 Å². The highest BCUT2D eigenvalue weighted by Crippen LogP contribution is 2.15. The normalized spacial score (nSPS) is 11.4. The van der Waals surface area contributed by atoms with Crippen LogP contribution in [0.15, 0.2) is 47.6 Å². The van der Waals surface area contributed by atoms with Gasteiger partial charge in [-0.05, 0) is 31.5 Å². The van der Waals surface area contributed by atoms with Crippen molar-refractivity contribution in [3.8, 4) is 0 Å². The van der Waals surface area contributed by atoms with Crippen LogP contribution in [0.5, 0.6) is 0 Å². The summed E-state index contributed by atoms with van der Waals surface area (Å²) in [6.45, 7) is 3.95. The van der Waals surface area contributed by atoms with Gasteiger partial charge in [-0.15, -0.1) is 11.3 Å². The maximum atomic E-state index is 11.7. The number of nitrogens with one attached hydrogen (secondary N) is 1. The van der Waals surface area contributed by atoms with Gasteiger partial charge in [0.15, 0.2) is 0 Å². The smallest absolute Gasteiger partial charge is 0.244 e. The third kappa shape index (κ3) is 4.03. The number of aryl methyl sites for hydroxylation is 1. The summed E-state index contributed by atoms with van der Waals surface area (Å²) in [5.74, 6) is -0.0983. The molecule has 1 heterocycles. The van der Waals surface area contributed by atoms with Gasteiger partial charge in [0.1, 0.15) is 0 Å². The van der Waals surface area contributed by atoms with Crippen molar-refractivity contribution < 1.29 is 4.79 Å². The fourth-order valence-electron chi connectivity index (χ4n) is 1.65. The van der Waals surface area contributed by atoms with Crippen molar-refractivity contribution in [2.45, 2.75) is 20.3 Å². The minimum Gasteiger partial charge on any atom is -0.273 e. The van der Waals surface area contributed by atoms with E-state index in [-0.39, 0.29) is 5.91 Å². The maximum Gasteiger partial charge on any atom is 0.244 e. The van der Waals surface area contributed by atoms with Crippen LogP contribution in [0.3, 0.4) is 0 Å². The molecule has 0 saturated heterocycles. The Hall–Kier alpha value is -1.94. The molecular formula is C15H16N2OS. The molecule has 2 rings (SSSR count). The molecule has 0 aliphatic carbocycles. The average Bonchev–Trinajstić information content (AvgIpc) is 2.84. The molecule has 1 aromatic carbocycles. The zero-order chi connectivity index (χ0) is 13.7. The second-order valence-electron chi connectivity index (χ2n) is 4.30. The SMILES string of the molecule is CC(=NNC(=O)Cc1ccccc1)c1ccc(C)s1. The predicted molar refractivity (Wildman–Crippen MR) is 79.6 cm³/mol. The molecule has 0 bridgehead atoms. The number of amides is 1. The number of hydrazone groups is 1. The van der Waals surface area contributed by atoms with E-state index in [9.17, 15) is 4.79 Å². The Morgan fingerprint density at radius 3 is 2.58 bits per heavy atom. The van der Waals surface area contributed by atoms with Crippen LogP contribution >= 0.6 is 11.3 Å². The van der Waals surface area contributed by atoms with Gasteiger partial charge in [-0.3, -0.25) is 4.79 Å². The van der Waals surface area contributed by atoms with E-state index in [0.717, 1.165) is 16.2 Å². The fraction of sp³-hybridized carbons (Fsp3) is 0.200. The van der Waals surface area contributed by atoms with Gasteiger partial charge < -0.3 is 0 Å². The van der Waals surface area contributed by atoms with E-state index in [1.165, 1.54) is 4.88 Å². The standard InChI is InChI=1S/C15H16N2OS/c1-11-8-9-14(19-11)12(2)16-17-15(18)10-13-6-4-3-5-7-13/h3-9H,10H2,1-2H3,(H,17,18). The Morgan fingerprint density at radius 2 is 1.95 bits per heavy atom. The van der Waals surface area contributed by atoms with Crippen LogP contribution in [0.1, 0.15) is 22.2 Å². The highest BCUT2D eigenvalue weighted by Gasteiger charge is 2.04. The summed E-state index contributed by atoms with van der Waals surface area (Å²) >= 11 is 1.67. The van der Waals surface area contributed by atoms with Crippen molar-refractivity contribution in [3.63, 3.8) is 0 Å². The lowest BCUT2D eigenvalue weighted by atomic mass is 10.1. The molecule has 0 aliphatic heterocycles. The topological polar surface area (TPSA) is 41.5 Å². The summed E-state index contributed by atoms with van der Waals surface area (Å²) in [7, 11) is 0.